The second kappa shape index (κ2) is 17.1. The number of benzene rings is 1. The van der Waals surface area contributed by atoms with Gasteiger partial charge in [-0.1, -0.05) is 57.4 Å². The van der Waals surface area contributed by atoms with Crippen molar-refractivity contribution in [3.8, 4) is 0 Å². The molecule has 56 heavy (non-hydrogen) atoms. The second-order valence-electron chi connectivity index (χ2n) is 15.9. The number of carboxylic acid groups (broad SMARTS) is 1. The van der Waals surface area contributed by atoms with Crippen molar-refractivity contribution in [2.24, 2.45) is 11.8 Å². The summed E-state index contributed by atoms with van der Waals surface area (Å²) >= 11 is 0. The molecular weight excluding hydrogens is 760 g/mol. The third-order valence-electron chi connectivity index (χ3n) is 11.2. The van der Waals surface area contributed by atoms with E-state index in [-0.39, 0.29) is 37.3 Å². The van der Waals surface area contributed by atoms with Crippen LogP contribution in [0.3, 0.4) is 0 Å². The molecule has 18 heteroatoms. The number of fused-ring (bicyclic) bond motifs is 3. The minimum atomic E-state index is -5.08. The van der Waals surface area contributed by atoms with Crippen LogP contribution in [0.25, 0.3) is 0 Å². The Morgan fingerprint density at radius 3 is 2.34 bits per heavy atom. The topological polar surface area (TPSA) is 192 Å². The van der Waals surface area contributed by atoms with Gasteiger partial charge >= 0.3 is 18.2 Å². The molecule has 14 nitrogen and oxygen atoms in total. The summed E-state index contributed by atoms with van der Waals surface area (Å²) in [5.74, 6) is -4.98. The van der Waals surface area contributed by atoms with Crippen LogP contribution < -0.4 is 15.4 Å². The summed E-state index contributed by atoms with van der Waals surface area (Å²) in [4.78, 5) is 67.4. The van der Waals surface area contributed by atoms with Crippen LogP contribution in [-0.4, -0.2) is 101 Å². The van der Waals surface area contributed by atoms with E-state index >= 15 is 0 Å². The molecule has 5 aliphatic rings. The summed E-state index contributed by atoms with van der Waals surface area (Å²) in [6.45, 7) is 10.7. The minimum absolute atomic E-state index is 0.0219. The van der Waals surface area contributed by atoms with Gasteiger partial charge in [0, 0.05) is 31.5 Å². The van der Waals surface area contributed by atoms with E-state index in [9.17, 15) is 40.8 Å². The van der Waals surface area contributed by atoms with E-state index in [0.717, 1.165) is 44.1 Å². The SMILES string of the molecule is C=C[C@@H]1C[C@]1(NC(=O)[C@@H]1C[C@@H]2CN1C(=O)[C@H](C(C)C)N[C@@H](C)CCCCCCc1cccc3c1CN(C3)C(=O)O2)C(=O)NS(=O)(=O)C1CC1.O=C(O)C(F)(F)F. The predicted molar refractivity (Wildman–Crippen MR) is 197 cm³/mol. The minimum Gasteiger partial charge on any atom is -0.475 e. The smallest absolute Gasteiger partial charge is 0.475 e. The fourth-order valence-electron chi connectivity index (χ4n) is 7.70. The van der Waals surface area contributed by atoms with Gasteiger partial charge in [-0.2, -0.15) is 13.2 Å². The van der Waals surface area contributed by atoms with Gasteiger partial charge in [0.1, 0.15) is 17.7 Å². The number of carbonyl (C=O) groups is 5. The van der Waals surface area contributed by atoms with Crippen molar-refractivity contribution in [2.75, 3.05) is 6.54 Å². The maximum Gasteiger partial charge on any atom is 0.490 e. The molecule has 1 aromatic rings. The van der Waals surface area contributed by atoms with E-state index < -0.39 is 75.0 Å². The summed E-state index contributed by atoms with van der Waals surface area (Å²) in [5, 5.41) is 12.9. The average molecular weight is 812 g/mol. The molecule has 4 N–H and O–H groups in total. The van der Waals surface area contributed by atoms with E-state index in [1.54, 1.807) is 4.90 Å². The first kappa shape index (κ1) is 42.9. The Labute approximate surface area is 325 Å². The van der Waals surface area contributed by atoms with Gasteiger partial charge in [0.15, 0.2) is 0 Å². The Morgan fingerprint density at radius 2 is 1.73 bits per heavy atom. The largest absolute Gasteiger partial charge is 0.490 e. The number of hydrogen-bond donors (Lipinski definition) is 4. The van der Waals surface area contributed by atoms with E-state index in [2.05, 4.69) is 34.9 Å². The van der Waals surface area contributed by atoms with Crippen molar-refractivity contribution >= 4 is 39.8 Å². The lowest BCUT2D eigenvalue weighted by atomic mass is 9.97. The van der Waals surface area contributed by atoms with Crippen LogP contribution in [0.1, 0.15) is 95.2 Å². The van der Waals surface area contributed by atoms with Crippen LogP contribution in [0.2, 0.25) is 0 Å². The number of nitrogens with zero attached hydrogens (tertiary/aromatic N) is 2. The number of sulfonamides is 1. The molecule has 2 aliphatic carbocycles. The van der Waals surface area contributed by atoms with Crippen molar-refractivity contribution in [1.29, 1.82) is 0 Å². The van der Waals surface area contributed by atoms with Gasteiger partial charge in [0.25, 0.3) is 5.91 Å². The molecule has 4 bridgehead atoms. The molecule has 3 heterocycles. The summed E-state index contributed by atoms with van der Waals surface area (Å²) in [5.41, 5.74) is 2.05. The molecule has 0 radical (unpaired) electrons. The van der Waals surface area contributed by atoms with Crippen LogP contribution >= 0.6 is 0 Å². The highest BCUT2D eigenvalue weighted by molar-refractivity contribution is 7.91. The maximum atomic E-state index is 14.3. The van der Waals surface area contributed by atoms with Crippen molar-refractivity contribution in [3.05, 3.63) is 47.5 Å². The molecular formula is C38H52F3N5O9S. The summed E-state index contributed by atoms with van der Waals surface area (Å²) < 4.78 is 65.2. The van der Waals surface area contributed by atoms with Gasteiger partial charge in [0.05, 0.1) is 17.8 Å². The number of carboxylic acids is 1. The molecule has 6 rings (SSSR count). The average Bonchev–Trinajstić information content (AvgIpc) is 4.01. The first-order valence-electron chi connectivity index (χ1n) is 19.2. The third kappa shape index (κ3) is 10.0. The van der Waals surface area contributed by atoms with Gasteiger partial charge in [0.2, 0.25) is 21.8 Å². The zero-order valence-corrected chi connectivity index (χ0v) is 32.7. The summed E-state index contributed by atoms with van der Waals surface area (Å²) in [6, 6.07) is 4.67. The number of aliphatic carboxylic acids is 1. The number of halogens is 3. The molecule has 2 saturated carbocycles. The number of amides is 4. The van der Waals surface area contributed by atoms with Crippen molar-refractivity contribution in [1.82, 2.24) is 25.2 Å². The first-order valence-corrected chi connectivity index (χ1v) is 20.7. The predicted octanol–water partition coefficient (Wildman–Crippen LogP) is 3.92. The first-order chi connectivity index (χ1) is 26.3. The highest BCUT2D eigenvalue weighted by Crippen LogP contribution is 2.45. The number of carbonyl (C=O) groups excluding carboxylic acids is 4. The van der Waals surface area contributed by atoms with Crippen LogP contribution in [0.5, 0.6) is 0 Å². The van der Waals surface area contributed by atoms with Crippen LogP contribution in [0, 0.1) is 11.8 Å². The molecule has 0 aromatic heterocycles. The number of rotatable bonds is 7. The van der Waals surface area contributed by atoms with Gasteiger partial charge in [-0.15, -0.1) is 6.58 Å². The molecule has 0 unspecified atom stereocenters. The Kier molecular flexibility index (Phi) is 13.1. The molecule has 6 atom stereocenters. The fourth-order valence-corrected chi connectivity index (χ4v) is 9.07. The van der Waals surface area contributed by atoms with Crippen molar-refractivity contribution in [2.45, 2.75) is 139 Å². The zero-order chi connectivity index (χ0) is 41.2. The monoisotopic (exact) mass is 811 g/mol. The lowest BCUT2D eigenvalue weighted by Gasteiger charge is -2.33. The lowest BCUT2D eigenvalue weighted by molar-refractivity contribution is -0.192. The molecule has 4 amide bonds. The molecule has 3 aliphatic heterocycles. The van der Waals surface area contributed by atoms with Gasteiger partial charge in [-0.25, -0.2) is 18.0 Å². The molecule has 0 spiro atoms. The quantitative estimate of drug-likeness (QED) is 0.294. The Morgan fingerprint density at radius 1 is 1.07 bits per heavy atom. The number of nitrogens with one attached hydrogen (secondary N) is 3. The second-order valence-corrected chi connectivity index (χ2v) is 17.8. The number of hydrogen-bond acceptors (Lipinski definition) is 9. The van der Waals surface area contributed by atoms with Gasteiger partial charge < -0.3 is 25.4 Å². The summed E-state index contributed by atoms with van der Waals surface area (Å²) in [6.07, 6.45) is 2.55. The van der Waals surface area contributed by atoms with E-state index in [1.807, 2.05) is 26.0 Å². The molecule has 310 valence electrons. The van der Waals surface area contributed by atoms with Crippen molar-refractivity contribution < 1.29 is 55.4 Å². The number of alkyl halides is 3. The van der Waals surface area contributed by atoms with Gasteiger partial charge in [-0.05, 0) is 68.1 Å². The number of ether oxygens (including phenoxy) is 1. The highest BCUT2D eigenvalue weighted by Gasteiger charge is 2.62. The highest BCUT2D eigenvalue weighted by atomic mass is 32.2. The third-order valence-corrected chi connectivity index (χ3v) is 13.0. The lowest BCUT2D eigenvalue weighted by Crippen LogP contribution is -2.59. The van der Waals surface area contributed by atoms with Gasteiger partial charge in [-0.3, -0.25) is 24.0 Å². The maximum absolute atomic E-state index is 14.3. The molecule has 3 fully saturated rings. The summed E-state index contributed by atoms with van der Waals surface area (Å²) in [7, 11) is -3.85. The fraction of sp³-hybridized carbons (Fsp3) is 0.658. The van der Waals surface area contributed by atoms with Crippen molar-refractivity contribution in [3.63, 3.8) is 0 Å². The van der Waals surface area contributed by atoms with E-state index in [4.69, 9.17) is 14.6 Å². The normalized spacial score (nSPS) is 28.5. The standard InChI is InChI=1S/C36H51N5O7S.C2HF3O2/c1-5-26-18-36(26,34(44)39-49(46,47)28-15-16-28)38-32(42)30-17-27-20-41(30)33(43)31(22(2)3)37-23(4)11-8-6-7-9-12-24-13-10-14-25-19-40(21-29(24)25)35(45)48-27;3-2(4,5)1(6)7/h5,10,13-14,22-23,26-28,30-31,37H,1,6-9,11-12,15-21H2,2-4H3,(H,38,42)(H,39,44);(H,6,7)/t23-,26+,27+,30-,31-,36+;/m0./s1. The van der Waals surface area contributed by atoms with Crippen LogP contribution in [0.15, 0.2) is 30.9 Å². The Hall–Kier alpha value is -4.19. The van der Waals surface area contributed by atoms with Crippen LogP contribution in [-0.2, 0) is 53.4 Å². The molecule has 1 saturated heterocycles. The van der Waals surface area contributed by atoms with Crippen LogP contribution in [0.4, 0.5) is 18.0 Å². The van der Waals surface area contributed by atoms with E-state index in [0.29, 0.717) is 25.9 Å². The molecule has 1 aromatic carbocycles. The Bertz CT molecular complexity index is 1800. The number of aryl methyl sites for hydroxylation is 1. The van der Waals surface area contributed by atoms with E-state index in [1.165, 1.54) is 22.1 Å². The Balaban J connectivity index is 0.000000784. The zero-order valence-electron chi connectivity index (χ0n) is 31.9.